The highest BCUT2D eigenvalue weighted by molar-refractivity contribution is 7.99. The molecule has 0 amide bonds. The smallest absolute Gasteiger partial charge is 0.423 e. The molecule has 0 spiro atoms. The van der Waals surface area contributed by atoms with Crippen LogP contribution in [0, 0.1) is 11.6 Å². The molecule has 12 heteroatoms. The third-order valence-electron chi connectivity index (χ3n) is 5.22. The Morgan fingerprint density at radius 1 is 0.722 bits per heavy atom. The van der Waals surface area contributed by atoms with Crippen molar-refractivity contribution in [1.29, 1.82) is 0 Å². The molecule has 1 aromatic heterocycles. The van der Waals surface area contributed by atoms with Gasteiger partial charge in [0.05, 0.1) is 0 Å². The minimum absolute atomic E-state index is 0.0190. The van der Waals surface area contributed by atoms with Crippen molar-refractivity contribution < 1.29 is 44.6 Å². The Hall–Kier alpha value is -3.38. The van der Waals surface area contributed by atoms with Crippen molar-refractivity contribution in [3.8, 4) is 11.1 Å². The molecule has 0 saturated heterocycles. The highest BCUT2D eigenvalue weighted by Crippen LogP contribution is 2.51. The van der Waals surface area contributed by atoms with Crippen LogP contribution in [0.5, 0.6) is 0 Å². The molecule has 4 aromatic rings. The summed E-state index contributed by atoms with van der Waals surface area (Å²) in [4.78, 5) is 11.9. The van der Waals surface area contributed by atoms with Crippen LogP contribution < -0.4 is 5.63 Å². The first-order valence-electron chi connectivity index (χ1n) is 9.87. The van der Waals surface area contributed by atoms with E-state index in [4.69, 9.17) is 4.42 Å². The molecule has 188 valence electrons. The number of benzene rings is 3. The quantitative estimate of drug-likeness (QED) is 0.223. The van der Waals surface area contributed by atoms with Gasteiger partial charge < -0.3 is 9.52 Å². The summed E-state index contributed by atoms with van der Waals surface area (Å²) >= 11 is 0.580. The molecule has 0 bridgehead atoms. The Morgan fingerprint density at radius 3 is 1.97 bits per heavy atom. The zero-order valence-corrected chi connectivity index (χ0v) is 18.4. The van der Waals surface area contributed by atoms with Crippen LogP contribution in [0.15, 0.2) is 85.7 Å². The van der Waals surface area contributed by atoms with Crippen LogP contribution in [-0.2, 0) is 5.60 Å². The number of alkyl halides is 6. The van der Waals surface area contributed by atoms with E-state index in [9.17, 15) is 45.0 Å². The van der Waals surface area contributed by atoms with Gasteiger partial charge in [0.1, 0.15) is 17.2 Å². The fraction of sp³-hybridized carbons (Fsp3) is 0.125. The standard InChI is InChI=1S/C24H12F8O3S/c25-14-3-1-12(2-4-14)19-11-21(33)35-20-10-16(5-6-18(19)20)36-17-8-13(7-15(26)9-17)22(34,23(27,28)29)24(30,31)32/h1-11,34H. The van der Waals surface area contributed by atoms with E-state index in [-0.39, 0.29) is 21.4 Å². The van der Waals surface area contributed by atoms with Gasteiger partial charge in [0.15, 0.2) is 0 Å². The van der Waals surface area contributed by atoms with Crippen molar-refractivity contribution >= 4 is 22.7 Å². The van der Waals surface area contributed by atoms with Gasteiger partial charge >= 0.3 is 18.0 Å². The second-order valence-electron chi connectivity index (χ2n) is 7.63. The molecule has 0 aliphatic heterocycles. The molecule has 1 heterocycles. The summed E-state index contributed by atoms with van der Waals surface area (Å²) in [6, 6.07) is 11.6. The number of aliphatic hydroxyl groups is 1. The summed E-state index contributed by atoms with van der Waals surface area (Å²) in [6.45, 7) is 0. The first-order valence-corrected chi connectivity index (χ1v) is 10.7. The Labute approximate surface area is 201 Å². The van der Waals surface area contributed by atoms with Crippen molar-refractivity contribution in [2.24, 2.45) is 0 Å². The summed E-state index contributed by atoms with van der Waals surface area (Å²) in [5.41, 5.74) is -6.90. The van der Waals surface area contributed by atoms with Gasteiger partial charge in [-0.2, -0.15) is 26.3 Å². The van der Waals surface area contributed by atoms with Crippen LogP contribution >= 0.6 is 11.8 Å². The summed E-state index contributed by atoms with van der Waals surface area (Å²) in [5, 5.41) is 10.0. The Bertz CT molecular complexity index is 1480. The van der Waals surface area contributed by atoms with E-state index >= 15 is 0 Å². The van der Waals surface area contributed by atoms with Gasteiger partial charge in [0, 0.05) is 26.8 Å². The van der Waals surface area contributed by atoms with E-state index in [1.807, 2.05) is 0 Å². The minimum atomic E-state index is -6.18. The number of fused-ring (bicyclic) bond motifs is 1. The monoisotopic (exact) mass is 532 g/mol. The maximum Gasteiger partial charge on any atom is 0.430 e. The SMILES string of the molecule is O=c1cc(-c2ccc(F)cc2)c2ccc(Sc3cc(F)cc(C(O)(C(F)(F)F)C(F)(F)F)c3)cc2o1. The average molecular weight is 532 g/mol. The molecular weight excluding hydrogens is 520 g/mol. The highest BCUT2D eigenvalue weighted by Gasteiger charge is 2.71. The van der Waals surface area contributed by atoms with E-state index in [0.29, 0.717) is 40.4 Å². The van der Waals surface area contributed by atoms with Crippen LogP contribution in [0.1, 0.15) is 5.56 Å². The molecule has 3 aromatic carbocycles. The van der Waals surface area contributed by atoms with Gasteiger partial charge in [0.2, 0.25) is 0 Å². The van der Waals surface area contributed by atoms with E-state index in [1.54, 1.807) is 0 Å². The predicted molar refractivity (Wildman–Crippen MR) is 114 cm³/mol. The second-order valence-corrected chi connectivity index (χ2v) is 8.77. The van der Waals surface area contributed by atoms with Crippen molar-refractivity contribution in [2.45, 2.75) is 27.7 Å². The molecule has 0 saturated carbocycles. The number of rotatable bonds is 4. The second kappa shape index (κ2) is 8.93. The summed E-state index contributed by atoms with van der Waals surface area (Å²) in [7, 11) is 0. The van der Waals surface area contributed by atoms with Gasteiger partial charge in [-0.3, -0.25) is 0 Å². The molecule has 1 N–H and O–H groups in total. The van der Waals surface area contributed by atoms with Gasteiger partial charge in [0.25, 0.3) is 5.60 Å². The number of hydrogen-bond donors (Lipinski definition) is 1. The van der Waals surface area contributed by atoms with Crippen LogP contribution in [0.4, 0.5) is 35.1 Å². The lowest BCUT2D eigenvalue weighted by Gasteiger charge is -2.32. The zero-order valence-electron chi connectivity index (χ0n) is 17.5. The topological polar surface area (TPSA) is 50.4 Å². The van der Waals surface area contributed by atoms with Crippen LogP contribution in [0.3, 0.4) is 0 Å². The molecule has 4 rings (SSSR count). The molecule has 0 aliphatic rings. The molecule has 36 heavy (non-hydrogen) atoms. The Balaban J connectivity index is 1.77. The molecule has 0 atom stereocenters. The largest absolute Gasteiger partial charge is 0.430 e. The Morgan fingerprint density at radius 2 is 1.36 bits per heavy atom. The third kappa shape index (κ3) is 4.70. The summed E-state index contributed by atoms with van der Waals surface area (Å²) in [5.74, 6) is -1.94. The van der Waals surface area contributed by atoms with E-state index in [0.717, 1.165) is 0 Å². The van der Waals surface area contributed by atoms with E-state index in [1.165, 1.54) is 48.5 Å². The summed E-state index contributed by atoms with van der Waals surface area (Å²) in [6.07, 6.45) is -12.4. The third-order valence-corrected chi connectivity index (χ3v) is 6.18. The normalized spacial score (nSPS) is 12.8. The highest BCUT2D eigenvalue weighted by atomic mass is 32.2. The number of hydrogen-bond acceptors (Lipinski definition) is 4. The van der Waals surface area contributed by atoms with E-state index in [2.05, 4.69) is 0 Å². The first kappa shape index (κ1) is 25.7. The van der Waals surface area contributed by atoms with Crippen LogP contribution in [0.2, 0.25) is 0 Å². The van der Waals surface area contributed by atoms with Crippen LogP contribution in [0.25, 0.3) is 22.1 Å². The van der Waals surface area contributed by atoms with Crippen LogP contribution in [-0.4, -0.2) is 17.5 Å². The van der Waals surface area contributed by atoms with Gasteiger partial charge in [-0.15, -0.1) is 0 Å². The lowest BCUT2D eigenvalue weighted by Crippen LogP contribution is -2.54. The average Bonchev–Trinajstić information content (AvgIpc) is 2.76. The van der Waals surface area contributed by atoms with Gasteiger partial charge in [-0.25, -0.2) is 13.6 Å². The molecule has 0 fully saturated rings. The predicted octanol–water partition coefficient (Wildman–Crippen LogP) is 7.20. The van der Waals surface area contributed by atoms with Gasteiger partial charge in [-0.1, -0.05) is 23.9 Å². The summed E-state index contributed by atoms with van der Waals surface area (Å²) < 4.78 is 112. The first-order chi connectivity index (χ1) is 16.7. The molecule has 0 radical (unpaired) electrons. The molecule has 3 nitrogen and oxygen atoms in total. The lowest BCUT2D eigenvalue weighted by atomic mass is 9.92. The lowest BCUT2D eigenvalue weighted by molar-refractivity contribution is -0.376. The minimum Gasteiger partial charge on any atom is -0.423 e. The molecule has 0 unspecified atom stereocenters. The fourth-order valence-corrected chi connectivity index (χ4v) is 4.46. The Kier molecular flexibility index (Phi) is 6.38. The zero-order chi connectivity index (χ0) is 26.5. The fourth-order valence-electron chi connectivity index (χ4n) is 3.53. The van der Waals surface area contributed by atoms with Crippen molar-refractivity contribution in [3.63, 3.8) is 0 Å². The maximum atomic E-state index is 14.1. The van der Waals surface area contributed by atoms with Crippen molar-refractivity contribution in [3.05, 3.63) is 94.3 Å². The van der Waals surface area contributed by atoms with Crippen molar-refractivity contribution in [2.75, 3.05) is 0 Å². The molecular formula is C24H12F8O3S. The molecule has 0 aliphatic carbocycles. The number of halogens is 8. The van der Waals surface area contributed by atoms with Crippen molar-refractivity contribution in [1.82, 2.24) is 0 Å². The van der Waals surface area contributed by atoms with E-state index < -0.39 is 40.8 Å². The van der Waals surface area contributed by atoms with Gasteiger partial charge in [-0.05, 0) is 59.7 Å². The maximum absolute atomic E-state index is 14.1.